The van der Waals surface area contributed by atoms with Crippen molar-refractivity contribution in [1.29, 1.82) is 0 Å². The van der Waals surface area contributed by atoms with Gasteiger partial charge in [-0.1, -0.05) is 29.3 Å². The number of pyridine rings is 1. The number of halogens is 2. The molecule has 146 valence electrons. The lowest BCUT2D eigenvalue weighted by molar-refractivity contribution is 0.194. The first-order valence-corrected chi connectivity index (χ1v) is 9.92. The van der Waals surface area contributed by atoms with Gasteiger partial charge in [0.2, 0.25) is 0 Å². The van der Waals surface area contributed by atoms with Crippen molar-refractivity contribution in [3.05, 3.63) is 64.0 Å². The van der Waals surface area contributed by atoms with Gasteiger partial charge in [-0.25, -0.2) is 9.78 Å². The number of carbonyl (C=O) groups is 1. The number of rotatable bonds is 3. The van der Waals surface area contributed by atoms with Crippen molar-refractivity contribution in [3.63, 3.8) is 0 Å². The van der Waals surface area contributed by atoms with Crippen molar-refractivity contribution in [3.8, 4) is 0 Å². The van der Waals surface area contributed by atoms with Crippen LogP contribution < -0.4 is 10.2 Å². The monoisotopic (exact) mass is 417 g/mol. The summed E-state index contributed by atoms with van der Waals surface area (Å²) in [6.07, 6.45) is 3.67. The minimum absolute atomic E-state index is 0.0717. The molecule has 1 aliphatic heterocycles. The van der Waals surface area contributed by atoms with E-state index in [1.165, 1.54) is 5.56 Å². The number of nitrogens with one attached hydrogen (secondary N) is 1. The van der Waals surface area contributed by atoms with E-state index in [1.54, 1.807) is 12.3 Å². The smallest absolute Gasteiger partial charge is 0.317 e. The molecule has 2 aromatic heterocycles. The van der Waals surface area contributed by atoms with Crippen LogP contribution in [0.5, 0.6) is 0 Å². The van der Waals surface area contributed by atoms with Crippen molar-refractivity contribution in [2.24, 2.45) is 0 Å². The van der Waals surface area contributed by atoms with Gasteiger partial charge in [-0.2, -0.15) is 0 Å². The summed E-state index contributed by atoms with van der Waals surface area (Å²) >= 11 is 12.1. The lowest BCUT2D eigenvalue weighted by Gasteiger charge is -2.36. The lowest BCUT2D eigenvalue weighted by atomic mass is 10.1. The zero-order chi connectivity index (χ0) is 19.7. The fraction of sp³-hybridized carbons (Fsp3) is 0.300. The molecule has 0 bridgehead atoms. The molecule has 1 fully saturated rings. The predicted octanol–water partition coefficient (Wildman–Crippen LogP) is 3.98. The molecule has 6 nitrogen and oxygen atoms in total. The number of amides is 2. The Bertz CT molecular complexity index is 1010. The molecule has 8 heteroatoms. The van der Waals surface area contributed by atoms with E-state index < -0.39 is 0 Å². The standard InChI is InChI=1S/C20H21Cl2N5O/c1-14-2-3-15(21)10-18(14)25-6-8-26(9-7-25)20(28)23-11-17-13-27-12-16(22)4-5-19(27)24-17/h2-5,10,12-13H,6-9,11H2,1H3,(H,23,28). The van der Waals surface area contributed by atoms with Gasteiger partial charge in [0.15, 0.2) is 0 Å². The third-order valence-electron chi connectivity index (χ3n) is 4.96. The van der Waals surface area contributed by atoms with Crippen molar-refractivity contribution in [1.82, 2.24) is 19.6 Å². The van der Waals surface area contributed by atoms with Crippen LogP contribution >= 0.6 is 23.2 Å². The first-order valence-electron chi connectivity index (χ1n) is 9.16. The lowest BCUT2D eigenvalue weighted by Crippen LogP contribution is -2.51. The number of aromatic nitrogens is 2. The molecule has 1 aliphatic rings. The largest absolute Gasteiger partial charge is 0.368 e. The fourth-order valence-electron chi connectivity index (χ4n) is 3.45. The Balaban J connectivity index is 1.33. The highest BCUT2D eigenvalue weighted by atomic mass is 35.5. The summed E-state index contributed by atoms with van der Waals surface area (Å²) in [6, 6.07) is 9.49. The van der Waals surface area contributed by atoms with Crippen molar-refractivity contribution < 1.29 is 4.79 Å². The topological polar surface area (TPSA) is 52.9 Å². The Morgan fingerprint density at radius 3 is 2.61 bits per heavy atom. The number of hydrogen-bond donors (Lipinski definition) is 1. The summed E-state index contributed by atoms with van der Waals surface area (Å²) in [7, 11) is 0. The van der Waals surface area contributed by atoms with E-state index >= 15 is 0 Å². The van der Waals surface area contributed by atoms with Crippen LogP contribution in [0.4, 0.5) is 10.5 Å². The number of hydrogen-bond acceptors (Lipinski definition) is 3. The third kappa shape index (κ3) is 4.03. The molecule has 28 heavy (non-hydrogen) atoms. The van der Waals surface area contributed by atoms with Gasteiger partial charge >= 0.3 is 6.03 Å². The van der Waals surface area contributed by atoms with Crippen molar-refractivity contribution >= 4 is 40.6 Å². The van der Waals surface area contributed by atoms with Gasteiger partial charge in [0.25, 0.3) is 0 Å². The summed E-state index contributed by atoms with van der Waals surface area (Å²) in [6.45, 7) is 5.35. The molecule has 0 spiro atoms. The van der Waals surface area contributed by atoms with Gasteiger partial charge in [0, 0.05) is 49.3 Å². The van der Waals surface area contributed by atoms with Crippen LogP contribution in [0.3, 0.4) is 0 Å². The SMILES string of the molecule is Cc1ccc(Cl)cc1N1CCN(C(=O)NCc2cn3cc(Cl)ccc3n2)CC1. The molecular formula is C20H21Cl2N5O. The fourth-order valence-corrected chi connectivity index (χ4v) is 3.79. The zero-order valence-electron chi connectivity index (χ0n) is 15.5. The Morgan fingerprint density at radius 2 is 1.82 bits per heavy atom. The number of carbonyl (C=O) groups excluding carboxylic acids is 1. The highest BCUT2D eigenvalue weighted by Gasteiger charge is 2.22. The average molecular weight is 418 g/mol. The van der Waals surface area contributed by atoms with Crippen LogP contribution in [-0.2, 0) is 6.54 Å². The Morgan fingerprint density at radius 1 is 1.07 bits per heavy atom. The number of imidazole rings is 1. The van der Waals surface area contributed by atoms with Gasteiger partial charge in [-0.05, 0) is 36.8 Å². The normalized spacial score (nSPS) is 14.5. The van der Waals surface area contributed by atoms with Gasteiger partial charge in [-0.15, -0.1) is 0 Å². The molecule has 0 aliphatic carbocycles. The van der Waals surface area contributed by atoms with Crippen LogP contribution in [-0.4, -0.2) is 46.5 Å². The summed E-state index contributed by atoms with van der Waals surface area (Å²) in [5.74, 6) is 0. The Labute approximate surface area is 173 Å². The molecule has 4 rings (SSSR count). The van der Waals surface area contributed by atoms with Gasteiger partial charge < -0.3 is 19.5 Å². The van der Waals surface area contributed by atoms with Gasteiger partial charge in [0.1, 0.15) is 5.65 Å². The highest BCUT2D eigenvalue weighted by molar-refractivity contribution is 6.31. The quantitative estimate of drug-likeness (QED) is 0.700. The van der Waals surface area contributed by atoms with Crippen LogP contribution in [0, 0.1) is 6.92 Å². The minimum atomic E-state index is -0.0717. The van der Waals surface area contributed by atoms with Crippen molar-refractivity contribution in [2.45, 2.75) is 13.5 Å². The van der Waals surface area contributed by atoms with Crippen LogP contribution in [0.15, 0.2) is 42.7 Å². The third-order valence-corrected chi connectivity index (χ3v) is 5.42. The highest BCUT2D eigenvalue weighted by Crippen LogP contribution is 2.25. The summed E-state index contributed by atoms with van der Waals surface area (Å²) in [4.78, 5) is 21.1. The molecule has 0 saturated carbocycles. The van der Waals surface area contributed by atoms with E-state index in [4.69, 9.17) is 23.2 Å². The number of nitrogens with zero attached hydrogens (tertiary/aromatic N) is 4. The maximum Gasteiger partial charge on any atom is 0.317 e. The molecule has 1 saturated heterocycles. The van der Waals surface area contributed by atoms with E-state index in [0.29, 0.717) is 24.7 Å². The van der Waals surface area contributed by atoms with Crippen LogP contribution in [0.2, 0.25) is 10.0 Å². The predicted molar refractivity (Wildman–Crippen MR) is 112 cm³/mol. The summed E-state index contributed by atoms with van der Waals surface area (Å²) in [5.41, 5.74) is 3.92. The first kappa shape index (κ1) is 18.9. The summed E-state index contributed by atoms with van der Waals surface area (Å²) < 4.78 is 1.86. The van der Waals surface area contributed by atoms with Crippen LogP contribution in [0.1, 0.15) is 11.3 Å². The molecule has 1 N–H and O–H groups in total. The number of anilines is 1. The maximum atomic E-state index is 12.5. The molecule has 0 atom stereocenters. The second-order valence-corrected chi connectivity index (χ2v) is 7.78. The minimum Gasteiger partial charge on any atom is -0.368 e. The molecule has 3 heterocycles. The van der Waals surface area contributed by atoms with Crippen LogP contribution in [0.25, 0.3) is 5.65 Å². The van der Waals surface area contributed by atoms with Gasteiger partial charge in [0.05, 0.1) is 17.3 Å². The molecule has 2 amide bonds. The number of piperazine rings is 1. The second-order valence-electron chi connectivity index (χ2n) is 6.91. The molecule has 1 aromatic carbocycles. The van der Waals surface area contributed by atoms with Gasteiger partial charge in [-0.3, -0.25) is 0 Å². The molecule has 3 aromatic rings. The Kier molecular flexibility index (Phi) is 5.33. The maximum absolute atomic E-state index is 12.5. The van der Waals surface area contributed by atoms with E-state index in [-0.39, 0.29) is 6.03 Å². The number of aryl methyl sites for hydroxylation is 1. The molecule has 0 radical (unpaired) electrons. The van der Waals surface area contributed by atoms with E-state index in [9.17, 15) is 4.79 Å². The average Bonchev–Trinajstić information content (AvgIpc) is 3.10. The first-order chi connectivity index (χ1) is 13.5. The molecular weight excluding hydrogens is 397 g/mol. The van der Waals surface area contributed by atoms with E-state index in [2.05, 4.69) is 22.1 Å². The number of urea groups is 1. The molecule has 0 unspecified atom stereocenters. The Hall–Kier alpha value is -2.44. The zero-order valence-corrected chi connectivity index (χ0v) is 17.0. The second kappa shape index (κ2) is 7.89. The van der Waals surface area contributed by atoms with E-state index in [0.717, 1.165) is 35.1 Å². The van der Waals surface area contributed by atoms with E-state index in [1.807, 2.05) is 39.8 Å². The number of benzene rings is 1. The van der Waals surface area contributed by atoms with Crippen molar-refractivity contribution in [2.75, 3.05) is 31.1 Å². The summed E-state index contributed by atoms with van der Waals surface area (Å²) in [5, 5.41) is 4.34. The number of fused-ring (bicyclic) bond motifs is 1.